The molecule has 1 heterocycles. The van der Waals surface area contributed by atoms with Crippen molar-refractivity contribution in [3.05, 3.63) is 0 Å². The van der Waals surface area contributed by atoms with E-state index in [1.54, 1.807) is 0 Å². The number of amides is 1. The lowest BCUT2D eigenvalue weighted by atomic mass is 9.76. The molecule has 2 aliphatic rings. The minimum atomic E-state index is -0.791. The lowest BCUT2D eigenvalue weighted by Crippen LogP contribution is -2.58. The molecule has 0 aromatic rings. The topological polar surface area (TPSA) is 67.4 Å². The van der Waals surface area contributed by atoms with Crippen molar-refractivity contribution in [2.24, 2.45) is 11.8 Å². The molecular formula is C14H24N2O3. The Balaban J connectivity index is 2.05. The van der Waals surface area contributed by atoms with Gasteiger partial charge in [-0.05, 0) is 44.6 Å². The molecule has 1 amide bonds. The summed E-state index contributed by atoms with van der Waals surface area (Å²) in [6.45, 7) is 3.77. The Labute approximate surface area is 114 Å². The van der Waals surface area contributed by atoms with Gasteiger partial charge in [-0.1, -0.05) is 6.92 Å². The number of rotatable bonds is 3. The van der Waals surface area contributed by atoms with Gasteiger partial charge >= 0.3 is 5.97 Å². The third-order valence-corrected chi connectivity index (χ3v) is 4.50. The molecule has 1 aliphatic heterocycles. The molecule has 1 aliphatic carbocycles. The molecule has 2 N–H and O–H groups in total. The van der Waals surface area contributed by atoms with Crippen molar-refractivity contribution in [3.63, 3.8) is 0 Å². The van der Waals surface area contributed by atoms with Crippen molar-refractivity contribution in [3.8, 4) is 0 Å². The minimum Gasteiger partial charge on any atom is -0.467 e. The quantitative estimate of drug-likeness (QED) is 0.744. The summed E-state index contributed by atoms with van der Waals surface area (Å²) in [7, 11) is 1.39. The van der Waals surface area contributed by atoms with Crippen LogP contribution < -0.4 is 10.6 Å². The smallest absolute Gasteiger partial charge is 0.331 e. The molecule has 2 fully saturated rings. The molecule has 5 heteroatoms. The number of carbonyl (C=O) groups excluding carboxylic acids is 2. The number of hydrogen-bond acceptors (Lipinski definition) is 4. The molecule has 0 spiro atoms. The Hall–Kier alpha value is -1.10. The second-order valence-electron chi connectivity index (χ2n) is 5.94. The van der Waals surface area contributed by atoms with E-state index in [0.717, 1.165) is 25.8 Å². The first-order valence-corrected chi connectivity index (χ1v) is 7.18. The largest absolute Gasteiger partial charge is 0.467 e. The van der Waals surface area contributed by atoms with Crippen molar-refractivity contribution in [1.82, 2.24) is 10.6 Å². The fraction of sp³-hybridized carbons (Fsp3) is 0.857. The second kappa shape index (κ2) is 5.90. The van der Waals surface area contributed by atoms with E-state index in [0.29, 0.717) is 25.3 Å². The Morgan fingerprint density at radius 3 is 2.47 bits per heavy atom. The molecule has 1 unspecified atom stereocenters. The van der Waals surface area contributed by atoms with Crippen molar-refractivity contribution in [2.75, 3.05) is 20.2 Å². The monoisotopic (exact) mass is 268 g/mol. The molecular weight excluding hydrogens is 244 g/mol. The lowest BCUT2D eigenvalue weighted by molar-refractivity contribution is -0.153. The van der Waals surface area contributed by atoms with Crippen LogP contribution in [0, 0.1) is 11.8 Å². The fourth-order valence-corrected chi connectivity index (χ4v) is 3.05. The van der Waals surface area contributed by atoms with E-state index < -0.39 is 5.54 Å². The summed E-state index contributed by atoms with van der Waals surface area (Å²) in [6, 6.07) is 0. The first-order chi connectivity index (χ1) is 9.07. The van der Waals surface area contributed by atoms with Crippen molar-refractivity contribution < 1.29 is 14.3 Å². The van der Waals surface area contributed by atoms with Crippen LogP contribution in [0.5, 0.6) is 0 Å². The van der Waals surface area contributed by atoms with Crippen LogP contribution in [0.3, 0.4) is 0 Å². The van der Waals surface area contributed by atoms with Gasteiger partial charge in [0.15, 0.2) is 0 Å². The van der Waals surface area contributed by atoms with Crippen LogP contribution >= 0.6 is 0 Å². The van der Waals surface area contributed by atoms with Crippen molar-refractivity contribution in [2.45, 2.75) is 44.6 Å². The molecule has 0 aromatic heterocycles. The normalized spacial score (nSPS) is 34.8. The molecule has 108 valence electrons. The van der Waals surface area contributed by atoms with Crippen LogP contribution in [0.2, 0.25) is 0 Å². The van der Waals surface area contributed by atoms with Gasteiger partial charge in [0.1, 0.15) is 5.54 Å². The van der Waals surface area contributed by atoms with Gasteiger partial charge in [0.2, 0.25) is 5.91 Å². The van der Waals surface area contributed by atoms with E-state index in [-0.39, 0.29) is 17.8 Å². The van der Waals surface area contributed by atoms with Crippen LogP contribution in [-0.2, 0) is 14.3 Å². The zero-order chi connectivity index (χ0) is 13.9. The lowest BCUT2D eigenvalue weighted by Gasteiger charge is -2.38. The predicted octanol–water partition coefficient (Wildman–Crippen LogP) is 0.834. The average molecular weight is 268 g/mol. The second-order valence-corrected chi connectivity index (χ2v) is 5.94. The van der Waals surface area contributed by atoms with Crippen LogP contribution in [0.25, 0.3) is 0 Å². The average Bonchev–Trinajstić information content (AvgIpc) is 2.95. The zero-order valence-corrected chi connectivity index (χ0v) is 11.8. The van der Waals surface area contributed by atoms with E-state index in [1.807, 2.05) is 0 Å². The molecule has 2 rings (SSSR count). The van der Waals surface area contributed by atoms with E-state index >= 15 is 0 Å². The zero-order valence-electron chi connectivity index (χ0n) is 11.8. The van der Waals surface area contributed by atoms with Gasteiger partial charge in [0.25, 0.3) is 0 Å². The van der Waals surface area contributed by atoms with Crippen molar-refractivity contribution in [1.29, 1.82) is 0 Å². The maximum absolute atomic E-state index is 12.3. The van der Waals surface area contributed by atoms with Crippen LogP contribution in [0.1, 0.15) is 39.0 Å². The standard InChI is InChI=1S/C14H24N2O3/c1-10-3-6-14(7-4-10,13(18)19-2)16-12(17)11-5-8-15-9-11/h10-11,15H,3-9H2,1-2H3,(H,16,17). The molecule has 0 aromatic carbocycles. The van der Waals surface area contributed by atoms with Crippen LogP contribution in [0.15, 0.2) is 0 Å². The third kappa shape index (κ3) is 3.08. The molecule has 1 saturated heterocycles. The number of carbonyl (C=O) groups is 2. The van der Waals surface area contributed by atoms with Gasteiger partial charge < -0.3 is 15.4 Å². The first-order valence-electron chi connectivity index (χ1n) is 7.18. The van der Waals surface area contributed by atoms with Gasteiger partial charge in [-0.25, -0.2) is 4.79 Å². The van der Waals surface area contributed by atoms with Crippen molar-refractivity contribution >= 4 is 11.9 Å². The molecule has 1 saturated carbocycles. The highest BCUT2D eigenvalue weighted by atomic mass is 16.5. The fourth-order valence-electron chi connectivity index (χ4n) is 3.05. The van der Waals surface area contributed by atoms with Gasteiger partial charge in [-0.2, -0.15) is 0 Å². The third-order valence-electron chi connectivity index (χ3n) is 4.50. The molecule has 0 radical (unpaired) electrons. The molecule has 1 atom stereocenters. The highest BCUT2D eigenvalue weighted by molar-refractivity contribution is 5.89. The molecule has 0 bridgehead atoms. The maximum Gasteiger partial charge on any atom is 0.331 e. The Kier molecular flexibility index (Phi) is 4.45. The van der Waals surface area contributed by atoms with E-state index in [4.69, 9.17) is 4.74 Å². The number of esters is 1. The Morgan fingerprint density at radius 2 is 1.95 bits per heavy atom. The van der Waals surface area contributed by atoms with Gasteiger partial charge in [-0.3, -0.25) is 4.79 Å². The highest BCUT2D eigenvalue weighted by Crippen LogP contribution is 2.33. The summed E-state index contributed by atoms with van der Waals surface area (Å²) >= 11 is 0. The first kappa shape index (κ1) is 14.3. The SMILES string of the molecule is COC(=O)C1(NC(=O)C2CCNC2)CCC(C)CC1. The molecule has 19 heavy (non-hydrogen) atoms. The summed E-state index contributed by atoms with van der Waals surface area (Å²) in [4.78, 5) is 24.4. The summed E-state index contributed by atoms with van der Waals surface area (Å²) in [6.07, 6.45) is 4.13. The van der Waals surface area contributed by atoms with Crippen LogP contribution in [-0.4, -0.2) is 37.6 Å². The van der Waals surface area contributed by atoms with Gasteiger partial charge in [0.05, 0.1) is 13.0 Å². The van der Waals surface area contributed by atoms with Gasteiger partial charge in [0, 0.05) is 6.54 Å². The Morgan fingerprint density at radius 1 is 1.26 bits per heavy atom. The predicted molar refractivity (Wildman–Crippen MR) is 71.5 cm³/mol. The van der Waals surface area contributed by atoms with E-state index in [9.17, 15) is 9.59 Å². The molecule has 5 nitrogen and oxygen atoms in total. The number of methoxy groups -OCH3 is 1. The highest BCUT2D eigenvalue weighted by Gasteiger charge is 2.44. The number of hydrogen-bond donors (Lipinski definition) is 2. The van der Waals surface area contributed by atoms with Gasteiger partial charge in [-0.15, -0.1) is 0 Å². The Bertz CT molecular complexity index is 343. The summed E-state index contributed by atoms with van der Waals surface area (Å²) in [5, 5.41) is 6.17. The summed E-state index contributed by atoms with van der Waals surface area (Å²) < 4.78 is 4.92. The summed E-state index contributed by atoms with van der Waals surface area (Å²) in [5.74, 6) is 0.298. The van der Waals surface area contributed by atoms with E-state index in [2.05, 4.69) is 17.6 Å². The van der Waals surface area contributed by atoms with Crippen LogP contribution in [0.4, 0.5) is 0 Å². The van der Waals surface area contributed by atoms with E-state index in [1.165, 1.54) is 7.11 Å². The summed E-state index contributed by atoms with van der Waals surface area (Å²) in [5.41, 5.74) is -0.791. The number of ether oxygens (including phenoxy) is 1. The minimum absolute atomic E-state index is 0.00930. The number of nitrogens with one attached hydrogen (secondary N) is 2. The maximum atomic E-state index is 12.3.